The van der Waals surface area contributed by atoms with Gasteiger partial charge in [-0.1, -0.05) is 38.5 Å². The third-order valence-electron chi connectivity index (χ3n) is 4.47. The zero-order valence-electron chi connectivity index (χ0n) is 16.8. The SMILES string of the molecule is C=C/C=C(\N=C(C)C#CCOI)C(=C)CCC(CCC)OC1CC(OC)C1. The van der Waals surface area contributed by atoms with Crippen molar-refractivity contribution >= 4 is 28.7 Å². The fourth-order valence-corrected chi connectivity index (χ4v) is 3.06. The molecule has 0 aromatic heterocycles. The summed E-state index contributed by atoms with van der Waals surface area (Å²) >= 11 is 1.83. The lowest BCUT2D eigenvalue weighted by molar-refractivity contribution is -0.118. The number of halogens is 1. The van der Waals surface area contributed by atoms with Crippen molar-refractivity contribution in [2.45, 2.75) is 70.7 Å². The van der Waals surface area contributed by atoms with Crippen molar-refractivity contribution in [3.8, 4) is 11.8 Å². The van der Waals surface area contributed by atoms with Gasteiger partial charge >= 0.3 is 0 Å². The maximum Gasteiger partial charge on any atom is 0.120 e. The molecule has 27 heavy (non-hydrogen) atoms. The van der Waals surface area contributed by atoms with Gasteiger partial charge in [-0.25, -0.2) is 4.99 Å². The van der Waals surface area contributed by atoms with E-state index in [4.69, 9.17) is 12.5 Å². The van der Waals surface area contributed by atoms with Crippen LogP contribution in [0.3, 0.4) is 0 Å². The molecule has 0 radical (unpaired) electrons. The number of hydrogen-bond acceptors (Lipinski definition) is 4. The van der Waals surface area contributed by atoms with Crippen LogP contribution in [0.25, 0.3) is 0 Å². The first kappa shape index (κ1) is 24.1. The highest BCUT2D eigenvalue weighted by Gasteiger charge is 2.31. The molecule has 1 saturated carbocycles. The molecule has 150 valence electrons. The Labute approximate surface area is 178 Å². The van der Waals surface area contributed by atoms with Gasteiger partial charge in [0.25, 0.3) is 0 Å². The van der Waals surface area contributed by atoms with Crippen LogP contribution in [0.1, 0.15) is 52.4 Å². The molecule has 0 aliphatic heterocycles. The van der Waals surface area contributed by atoms with Crippen molar-refractivity contribution in [3.05, 3.63) is 36.6 Å². The first-order valence-electron chi connectivity index (χ1n) is 9.50. The first-order chi connectivity index (χ1) is 13.0. The first-order valence-corrected chi connectivity index (χ1v) is 10.4. The van der Waals surface area contributed by atoms with Crippen molar-refractivity contribution in [2.75, 3.05) is 13.7 Å². The van der Waals surface area contributed by atoms with E-state index in [1.165, 1.54) is 0 Å². The quantitative estimate of drug-likeness (QED) is 0.157. The maximum absolute atomic E-state index is 6.26. The number of allylic oxidation sites excluding steroid dienone is 3. The van der Waals surface area contributed by atoms with Gasteiger partial charge in [0.05, 0.1) is 29.7 Å². The molecule has 1 rings (SSSR count). The summed E-state index contributed by atoms with van der Waals surface area (Å²) in [5.41, 5.74) is 2.54. The number of ether oxygens (including phenoxy) is 2. The van der Waals surface area contributed by atoms with Crippen molar-refractivity contribution in [1.29, 1.82) is 0 Å². The van der Waals surface area contributed by atoms with Gasteiger partial charge in [0.2, 0.25) is 0 Å². The Hall–Kier alpha value is -0.940. The molecule has 0 spiro atoms. The Morgan fingerprint density at radius 2 is 2.07 bits per heavy atom. The van der Waals surface area contributed by atoms with E-state index < -0.39 is 0 Å². The van der Waals surface area contributed by atoms with E-state index in [0.29, 0.717) is 18.8 Å². The van der Waals surface area contributed by atoms with Crippen molar-refractivity contribution in [1.82, 2.24) is 0 Å². The lowest BCUT2D eigenvalue weighted by atomic mass is 9.91. The van der Waals surface area contributed by atoms with Gasteiger partial charge in [0.15, 0.2) is 0 Å². The smallest absolute Gasteiger partial charge is 0.120 e. The predicted octanol–water partition coefficient (Wildman–Crippen LogP) is 5.59. The second-order valence-corrected chi connectivity index (χ2v) is 7.30. The number of methoxy groups -OCH3 is 1. The Morgan fingerprint density at radius 3 is 2.67 bits per heavy atom. The summed E-state index contributed by atoms with van der Waals surface area (Å²) in [5.74, 6) is 5.89. The van der Waals surface area contributed by atoms with Gasteiger partial charge in [0, 0.05) is 7.11 Å². The summed E-state index contributed by atoms with van der Waals surface area (Å²) in [6, 6.07) is 0. The number of hydrogen-bond donors (Lipinski definition) is 0. The molecule has 0 aromatic rings. The van der Waals surface area contributed by atoms with E-state index in [0.717, 1.165) is 55.5 Å². The molecule has 5 heteroatoms. The van der Waals surface area contributed by atoms with E-state index in [9.17, 15) is 0 Å². The minimum absolute atomic E-state index is 0.255. The van der Waals surface area contributed by atoms with Crippen molar-refractivity contribution in [3.63, 3.8) is 0 Å². The number of aliphatic imine (C=N–C) groups is 1. The topological polar surface area (TPSA) is 40.0 Å². The van der Waals surface area contributed by atoms with Gasteiger partial charge in [0.1, 0.15) is 29.6 Å². The molecule has 0 bridgehead atoms. The Balaban J connectivity index is 2.60. The summed E-state index contributed by atoms with van der Waals surface area (Å²) in [6.07, 6.45) is 10.5. The highest BCUT2D eigenvalue weighted by Crippen LogP contribution is 2.29. The molecule has 1 atom stereocenters. The maximum atomic E-state index is 6.26. The van der Waals surface area contributed by atoms with Crippen LogP contribution in [0.2, 0.25) is 0 Å². The van der Waals surface area contributed by atoms with E-state index in [2.05, 4.69) is 36.9 Å². The minimum Gasteiger partial charge on any atom is -0.381 e. The molecule has 1 aliphatic rings. The molecular weight excluding hydrogens is 453 g/mol. The summed E-state index contributed by atoms with van der Waals surface area (Å²) in [7, 11) is 1.77. The number of nitrogens with zero attached hydrogens (tertiary/aromatic N) is 1. The lowest BCUT2D eigenvalue weighted by Crippen LogP contribution is -2.39. The van der Waals surface area contributed by atoms with Gasteiger partial charge < -0.3 is 12.5 Å². The molecular formula is C22H32INO3. The van der Waals surface area contributed by atoms with Gasteiger partial charge in [-0.05, 0) is 56.6 Å². The van der Waals surface area contributed by atoms with Crippen molar-refractivity contribution in [2.24, 2.45) is 4.99 Å². The second-order valence-electron chi connectivity index (χ2n) is 6.68. The molecule has 1 unspecified atom stereocenters. The molecule has 0 amide bonds. The summed E-state index contributed by atoms with van der Waals surface area (Å²) in [6.45, 7) is 12.5. The highest BCUT2D eigenvalue weighted by atomic mass is 127. The Morgan fingerprint density at radius 1 is 1.33 bits per heavy atom. The predicted molar refractivity (Wildman–Crippen MR) is 121 cm³/mol. The highest BCUT2D eigenvalue weighted by molar-refractivity contribution is 14.1. The van der Waals surface area contributed by atoms with Crippen LogP contribution in [-0.4, -0.2) is 37.7 Å². The minimum atomic E-state index is 0.255. The summed E-state index contributed by atoms with van der Waals surface area (Å²) in [4.78, 5) is 4.59. The van der Waals surface area contributed by atoms with Gasteiger partial charge in [-0.15, -0.1) is 0 Å². The largest absolute Gasteiger partial charge is 0.381 e. The molecule has 0 heterocycles. The normalized spacial score (nSPS) is 21.0. The Kier molecular flexibility index (Phi) is 12.6. The third kappa shape index (κ3) is 9.70. The average molecular weight is 485 g/mol. The van der Waals surface area contributed by atoms with Crippen LogP contribution < -0.4 is 0 Å². The van der Waals surface area contributed by atoms with E-state index >= 15 is 0 Å². The number of rotatable bonds is 12. The lowest BCUT2D eigenvalue weighted by Gasteiger charge is -2.36. The fourth-order valence-electron chi connectivity index (χ4n) is 2.90. The summed E-state index contributed by atoms with van der Waals surface area (Å²) in [5, 5.41) is 0. The fraction of sp³-hybridized carbons (Fsp3) is 0.591. The zero-order chi connectivity index (χ0) is 20.1. The Bertz CT molecular complexity index is 594. The molecule has 0 N–H and O–H groups in total. The van der Waals surface area contributed by atoms with Crippen LogP contribution >= 0.6 is 23.0 Å². The van der Waals surface area contributed by atoms with Crippen LogP contribution in [0, 0.1) is 11.8 Å². The van der Waals surface area contributed by atoms with E-state index in [1.807, 2.05) is 36.0 Å². The third-order valence-corrected chi connectivity index (χ3v) is 4.78. The van der Waals surface area contributed by atoms with Crippen LogP contribution in [0.15, 0.2) is 41.6 Å². The van der Waals surface area contributed by atoms with Crippen LogP contribution in [0.5, 0.6) is 0 Å². The average Bonchev–Trinajstić information content (AvgIpc) is 2.61. The summed E-state index contributed by atoms with van der Waals surface area (Å²) < 4.78 is 16.5. The van der Waals surface area contributed by atoms with Crippen LogP contribution in [0.4, 0.5) is 0 Å². The zero-order valence-corrected chi connectivity index (χ0v) is 19.0. The van der Waals surface area contributed by atoms with E-state index in [-0.39, 0.29) is 6.10 Å². The molecule has 0 aromatic carbocycles. The van der Waals surface area contributed by atoms with E-state index in [1.54, 1.807) is 13.2 Å². The standard InChI is InChI=1S/C22H32INO3/c1-6-9-19(27-21-15-20(16-21)25-5)13-12-17(3)22(10-7-2)24-18(4)11-8-14-26-23/h7,10,19-21H,2-3,6,9,12-16H2,1,4-5H3/b22-10-,24-18?. The molecule has 1 fully saturated rings. The monoisotopic (exact) mass is 485 g/mol. The molecule has 4 nitrogen and oxygen atoms in total. The molecule has 1 aliphatic carbocycles. The van der Waals surface area contributed by atoms with Crippen LogP contribution in [-0.2, 0) is 12.5 Å². The van der Waals surface area contributed by atoms with Gasteiger partial charge in [-0.3, -0.25) is 0 Å². The molecule has 0 saturated heterocycles. The van der Waals surface area contributed by atoms with Crippen molar-refractivity contribution < 1.29 is 12.5 Å². The second kappa shape index (κ2) is 14.1. The van der Waals surface area contributed by atoms with Gasteiger partial charge in [-0.2, -0.15) is 0 Å².